The van der Waals surface area contributed by atoms with Gasteiger partial charge in [-0.05, 0) is 18.6 Å². The molecule has 2 rings (SSSR count). The van der Waals surface area contributed by atoms with Gasteiger partial charge in [0.2, 0.25) is 0 Å². The number of nitro groups is 1. The topological polar surface area (TPSA) is 68.3 Å². The van der Waals surface area contributed by atoms with Crippen molar-refractivity contribution in [3.8, 4) is 0 Å². The highest BCUT2D eigenvalue weighted by Crippen LogP contribution is 2.25. The van der Waals surface area contributed by atoms with E-state index >= 15 is 0 Å². The number of nitro benzene ring substituents is 1. The number of aryl methyl sites for hydroxylation is 1. The summed E-state index contributed by atoms with van der Waals surface area (Å²) in [6, 6.07) is 6.58. The minimum atomic E-state index is -0.408. The van der Waals surface area contributed by atoms with Gasteiger partial charge in [-0.3, -0.25) is 10.1 Å². The number of hydrogen-bond acceptors (Lipinski definition) is 3. The Morgan fingerprint density at radius 3 is 2.76 bits per heavy atom. The number of aromatic nitrogens is 1. The van der Waals surface area contributed by atoms with Gasteiger partial charge in [0.05, 0.1) is 11.5 Å². The molecule has 0 bridgehead atoms. The molecule has 2 aromatic rings. The smallest absolute Gasteiger partial charge is 0.270 e. The molecule has 0 saturated carbocycles. The van der Waals surface area contributed by atoms with Crippen LogP contribution in [0.4, 0.5) is 5.69 Å². The number of aliphatic hydroxyl groups excluding tert-OH is 1. The Morgan fingerprint density at radius 2 is 2.18 bits per heavy atom. The zero-order chi connectivity index (χ0) is 12.4. The van der Waals surface area contributed by atoms with Gasteiger partial charge in [0, 0.05) is 35.3 Å². The van der Waals surface area contributed by atoms with E-state index in [1.54, 1.807) is 18.2 Å². The third kappa shape index (κ3) is 2.01. The second kappa shape index (κ2) is 4.55. The average molecular weight is 234 g/mol. The van der Waals surface area contributed by atoms with E-state index in [-0.39, 0.29) is 12.3 Å². The van der Waals surface area contributed by atoms with Crippen molar-refractivity contribution < 1.29 is 10.0 Å². The van der Waals surface area contributed by atoms with E-state index in [1.807, 2.05) is 4.57 Å². The fourth-order valence-electron chi connectivity index (χ4n) is 2.05. The molecule has 0 unspecified atom stereocenters. The molecule has 0 spiro atoms. The first kappa shape index (κ1) is 11.6. The molecule has 1 N–H and O–H groups in total. The molecule has 1 aromatic heterocycles. The molecular weight excluding hydrogens is 220 g/mol. The predicted octanol–water partition coefficient (Wildman–Crippen LogP) is 2.45. The largest absolute Gasteiger partial charge is 0.390 e. The zero-order valence-electron chi connectivity index (χ0n) is 9.59. The monoisotopic (exact) mass is 234 g/mol. The van der Waals surface area contributed by atoms with Crippen molar-refractivity contribution in [3.05, 3.63) is 40.1 Å². The summed E-state index contributed by atoms with van der Waals surface area (Å²) in [5.74, 6) is 0. The van der Waals surface area contributed by atoms with Gasteiger partial charge in [-0.25, -0.2) is 0 Å². The van der Waals surface area contributed by atoms with Crippen molar-refractivity contribution in [3.63, 3.8) is 0 Å². The van der Waals surface area contributed by atoms with Crippen LogP contribution in [-0.4, -0.2) is 14.6 Å². The van der Waals surface area contributed by atoms with Gasteiger partial charge < -0.3 is 9.67 Å². The number of nitrogens with zero attached hydrogens (tertiary/aromatic N) is 2. The van der Waals surface area contributed by atoms with E-state index in [4.69, 9.17) is 0 Å². The molecule has 0 atom stereocenters. The molecular formula is C12H14N2O3. The Balaban J connectivity index is 2.61. The van der Waals surface area contributed by atoms with Crippen LogP contribution < -0.4 is 0 Å². The Hall–Kier alpha value is -1.88. The van der Waals surface area contributed by atoms with Crippen LogP contribution in [0.15, 0.2) is 24.3 Å². The minimum Gasteiger partial charge on any atom is -0.390 e. The van der Waals surface area contributed by atoms with Crippen molar-refractivity contribution in [1.82, 2.24) is 4.57 Å². The minimum absolute atomic E-state index is 0.0531. The maximum absolute atomic E-state index is 10.7. The van der Waals surface area contributed by atoms with Crippen molar-refractivity contribution in [1.29, 1.82) is 0 Å². The van der Waals surface area contributed by atoms with Crippen molar-refractivity contribution >= 4 is 16.6 Å². The lowest BCUT2D eigenvalue weighted by atomic mass is 10.2. The number of fused-ring (bicyclic) bond motifs is 1. The van der Waals surface area contributed by atoms with Gasteiger partial charge in [-0.2, -0.15) is 0 Å². The Morgan fingerprint density at radius 1 is 1.41 bits per heavy atom. The van der Waals surface area contributed by atoms with Crippen molar-refractivity contribution in [2.75, 3.05) is 0 Å². The highest BCUT2D eigenvalue weighted by molar-refractivity contribution is 5.83. The molecule has 1 heterocycles. The van der Waals surface area contributed by atoms with Crippen LogP contribution in [0, 0.1) is 10.1 Å². The van der Waals surface area contributed by atoms with E-state index in [0.29, 0.717) is 0 Å². The fraction of sp³-hybridized carbons (Fsp3) is 0.333. The van der Waals surface area contributed by atoms with Crippen LogP contribution in [-0.2, 0) is 13.2 Å². The molecule has 1 aromatic carbocycles. The van der Waals surface area contributed by atoms with E-state index in [0.717, 1.165) is 29.6 Å². The Labute approximate surface area is 98.4 Å². The Kier molecular flexibility index (Phi) is 3.10. The second-order valence-electron chi connectivity index (χ2n) is 3.95. The predicted molar refractivity (Wildman–Crippen MR) is 64.8 cm³/mol. The van der Waals surface area contributed by atoms with Gasteiger partial charge in [-0.15, -0.1) is 0 Å². The van der Waals surface area contributed by atoms with Gasteiger partial charge in [-0.1, -0.05) is 6.92 Å². The number of non-ortho nitro benzene ring substituents is 1. The number of aliphatic hydroxyl groups is 1. The van der Waals surface area contributed by atoms with Crippen LogP contribution >= 0.6 is 0 Å². The molecule has 5 heteroatoms. The molecule has 0 aliphatic heterocycles. The SMILES string of the molecule is CCCn1c(CO)cc2cc([N+](=O)[O-])ccc21. The summed E-state index contributed by atoms with van der Waals surface area (Å²) in [6.45, 7) is 2.80. The summed E-state index contributed by atoms with van der Waals surface area (Å²) in [4.78, 5) is 10.3. The quantitative estimate of drug-likeness (QED) is 0.652. The van der Waals surface area contributed by atoms with Gasteiger partial charge in [0.1, 0.15) is 0 Å². The molecule has 0 saturated heterocycles. The lowest BCUT2D eigenvalue weighted by Crippen LogP contribution is -2.01. The third-order valence-electron chi connectivity index (χ3n) is 2.79. The maximum Gasteiger partial charge on any atom is 0.270 e. The highest BCUT2D eigenvalue weighted by Gasteiger charge is 2.11. The Bertz CT molecular complexity index is 560. The van der Waals surface area contributed by atoms with Crippen LogP contribution in [0.25, 0.3) is 10.9 Å². The first-order valence-corrected chi connectivity index (χ1v) is 5.54. The first-order chi connectivity index (χ1) is 8.17. The molecule has 0 radical (unpaired) electrons. The molecule has 17 heavy (non-hydrogen) atoms. The van der Waals surface area contributed by atoms with Crippen molar-refractivity contribution in [2.24, 2.45) is 0 Å². The molecule has 0 amide bonds. The summed E-state index contributed by atoms with van der Waals surface area (Å²) in [6.07, 6.45) is 0.952. The summed E-state index contributed by atoms with van der Waals surface area (Å²) >= 11 is 0. The number of rotatable bonds is 4. The lowest BCUT2D eigenvalue weighted by molar-refractivity contribution is -0.384. The van der Waals surface area contributed by atoms with Crippen LogP contribution in [0.1, 0.15) is 19.0 Å². The normalized spacial score (nSPS) is 10.9. The van der Waals surface area contributed by atoms with Crippen LogP contribution in [0.2, 0.25) is 0 Å². The van der Waals surface area contributed by atoms with Crippen molar-refractivity contribution in [2.45, 2.75) is 26.5 Å². The van der Waals surface area contributed by atoms with Gasteiger partial charge in [0.25, 0.3) is 5.69 Å². The summed E-state index contributed by atoms with van der Waals surface area (Å²) in [5, 5.41) is 20.8. The van der Waals surface area contributed by atoms with Crippen LogP contribution in [0.5, 0.6) is 0 Å². The number of benzene rings is 1. The molecule has 0 fully saturated rings. The number of hydrogen-bond donors (Lipinski definition) is 1. The fourth-order valence-corrected chi connectivity index (χ4v) is 2.05. The molecule has 90 valence electrons. The molecule has 5 nitrogen and oxygen atoms in total. The van der Waals surface area contributed by atoms with Gasteiger partial charge in [0.15, 0.2) is 0 Å². The maximum atomic E-state index is 10.7. The molecule has 0 aliphatic carbocycles. The van der Waals surface area contributed by atoms with Crippen LogP contribution in [0.3, 0.4) is 0 Å². The standard InChI is InChI=1S/C12H14N2O3/c1-2-5-13-11(8-15)7-9-6-10(14(16)17)3-4-12(9)13/h3-4,6-7,15H,2,5,8H2,1H3. The van der Waals surface area contributed by atoms with Gasteiger partial charge >= 0.3 is 0 Å². The van der Waals surface area contributed by atoms with E-state index in [1.165, 1.54) is 6.07 Å². The third-order valence-corrected chi connectivity index (χ3v) is 2.79. The summed E-state index contributed by atoms with van der Waals surface area (Å²) in [5.41, 5.74) is 1.81. The summed E-state index contributed by atoms with van der Waals surface area (Å²) in [7, 11) is 0. The van der Waals surface area contributed by atoms with E-state index < -0.39 is 4.92 Å². The van der Waals surface area contributed by atoms with E-state index in [2.05, 4.69) is 6.92 Å². The zero-order valence-corrected chi connectivity index (χ0v) is 9.59. The van der Waals surface area contributed by atoms with E-state index in [9.17, 15) is 15.2 Å². The molecule has 0 aliphatic rings. The lowest BCUT2D eigenvalue weighted by Gasteiger charge is -2.06. The second-order valence-corrected chi connectivity index (χ2v) is 3.95. The summed E-state index contributed by atoms with van der Waals surface area (Å²) < 4.78 is 2.00. The average Bonchev–Trinajstić information content (AvgIpc) is 2.67. The first-order valence-electron chi connectivity index (χ1n) is 5.54. The highest BCUT2D eigenvalue weighted by atomic mass is 16.6.